The standard InChI is InChI=1S/C12H16ClNO/c13-9-4-6-11(7-5-9)15-12-3-1-2-10(14)8-12/h4-7,10,12H,1-3,8,14H2. The van der Waals surface area contributed by atoms with E-state index in [1.165, 1.54) is 6.42 Å². The summed E-state index contributed by atoms with van der Waals surface area (Å²) in [4.78, 5) is 0. The van der Waals surface area contributed by atoms with Gasteiger partial charge in [0, 0.05) is 11.1 Å². The van der Waals surface area contributed by atoms with Gasteiger partial charge in [0.2, 0.25) is 0 Å². The lowest BCUT2D eigenvalue weighted by molar-refractivity contribution is 0.144. The molecule has 0 spiro atoms. The van der Waals surface area contributed by atoms with Gasteiger partial charge in [-0.15, -0.1) is 0 Å². The van der Waals surface area contributed by atoms with Gasteiger partial charge in [-0.25, -0.2) is 0 Å². The minimum atomic E-state index is 0.273. The number of halogens is 1. The molecule has 1 aliphatic rings. The number of nitrogens with two attached hydrogens (primary N) is 1. The third-order valence-electron chi connectivity index (χ3n) is 2.78. The summed E-state index contributed by atoms with van der Waals surface area (Å²) in [5.41, 5.74) is 5.90. The second-order valence-electron chi connectivity index (χ2n) is 4.12. The van der Waals surface area contributed by atoms with Crippen LogP contribution in [0, 0.1) is 0 Å². The summed E-state index contributed by atoms with van der Waals surface area (Å²) in [5, 5.41) is 0.739. The van der Waals surface area contributed by atoms with Crippen LogP contribution in [0.3, 0.4) is 0 Å². The van der Waals surface area contributed by atoms with Crippen molar-refractivity contribution in [1.29, 1.82) is 0 Å². The highest BCUT2D eigenvalue weighted by Crippen LogP contribution is 2.23. The fourth-order valence-corrected chi connectivity index (χ4v) is 2.12. The first kappa shape index (κ1) is 10.8. The van der Waals surface area contributed by atoms with Gasteiger partial charge in [-0.1, -0.05) is 11.6 Å². The molecule has 2 rings (SSSR count). The van der Waals surface area contributed by atoms with Crippen LogP contribution in [0.5, 0.6) is 5.75 Å². The molecule has 1 fully saturated rings. The van der Waals surface area contributed by atoms with Gasteiger partial charge in [-0.3, -0.25) is 0 Å². The highest BCUT2D eigenvalue weighted by molar-refractivity contribution is 6.30. The molecular weight excluding hydrogens is 210 g/mol. The van der Waals surface area contributed by atoms with E-state index in [4.69, 9.17) is 22.1 Å². The maximum absolute atomic E-state index is 5.90. The van der Waals surface area contributed by atoms with Gasteiger partial charge in [0.25, 0.3) is 0 Å². The quantitative estimate of drug-likeness (QED) is 0.840. The van der Waals surface area contributed by atoms with E-state index in [-0.39, 0.29) is 6.10 Å². The van der Waals surface area contributed by atoms with Gasteiger partial charge in [-0.2, -0.15) is 0 Å². The molecule has 0 amide bonds. The molecule has 0 saturated heterocycles. The van der Waals surface area contributed by atoms with E-state index in [9.17, 15) is 0 Å². The summed E-state index contributed by atoms with van der Waals surface area (Å²) in [5.74, 6) is 0.888. The number of rotatable bonds is 2. The Balaban J connectivity index is 1.93. The lowest BCUT2D eigenvalue weighted by Gasteiger charge is -2.27. The summed E-state index contributed by atoms with van der Waals surface area (Å²) in [6, 6.07) is 7.81. The smallest absolute Gasteiger partial charge is 0.119 e. The minimum absolute atomic E-state index is 0.273. The average molecular weight is 226 g/mol. The number of hydrogen-bond donors (Lipinski definition) is 1. The second kappa shape index (κ2) is 4.86. The number of benzene rings is 1. The Hall–Kier alpha value is -0.730. The van der Waals surface area contributed by atoms with Crippen LogP contribution >= 0.6 is 11.6 Å². The SMILES string of the molecule is NC1CCCC(Oc2ccc(Cl)cc2)C1. The zero-order valence-corrected chi connectivity index (χ0v) is 9.41. The van der Waals surface area contributed by atoms with Crippen LogP contribution in [0.4, 0.5) is 0 Å². The van der Waals surface area contributed by atoms with Crippen LogP contribution in [0.25, 0.3) is 0 Å². The maximum Gasteiger partial charge on any atom is 0.119 e. The zero-order chi connectivity index (χ0) is 10.7. The molecule has 0 aromatic heterocycles. The van der Waals surface area contributed by atoms with Crippen LogP contribution in [-0.4, -0.2) is 12.1 Å². The predicted octanol–water partition coefficient (Wildman–Crippen LogP) is 2.99. The van der Waals surface area contributed by atoms with Crippen LogP contribution in [0.15, 0.2) is 24.3 Å². The molecule has 3 heteroatoms. The van der Waals surface area contributed by atoms with Crippen molar-refractivity contribution in [1.82, 2.24) is 0 Å². The molecule has 0 heterocycles. The molecule has 1 aromatic carbocycles. The fraction of sp³-hybridized carbons (Fsp3) is 0.500. The molecule has 82 valence electrons. The number of hydrogen-bond acceptors (Lipinski definition) is 2. The van der Waals surface area contributed by atoms with Crippen LogP contribution in [0.1, 0.15) is 25.7 Å². The van der Waals surface area contributed by atoms with Crippen molar-refractivity contribution in [3.63, 3.8) is 0 Å². The second-order valence-corrected chi connectivity index (χ2v) is 4.56. The van der Waals surface area contributed by atoms with E-state index in [0.717, 1.165) is 30.0 Å². The molecule has 2 unspecified atom stereocenters. The zero-order valence-electron chi connectivity index (χ0n) is 8.66. The molecule has 0 radical (unpaired) electrons. The van der Waals surface area contributed by atoms with Crippen molar-refractivity contribution in [3.8, 4) is 5.75 Å². The van der Waals surface area contributed by atoms with Gasteiger partial charge in [-0.05, 0) is 49.9 Å². The minimum Gasteiger partial charge on any atom is -0.490 e. The van der Waals surface area contributed by atoms with Crippen LogP contribution in [-0.2, 0) is 0 Å². The molecule has 2 nitrogen and oxygen atoms in total. The fourth-order valence-electron chi connectivity index (χ4n) is 1.99. The third kappa shape index (κ3) is 3.11. The van der Waals surface area contributed by atoms with Crippen LogP contribution in [0.2, 0.25) is 5.02 Å². The third-order valence-corrected chi connectivity index (χ3v) is 3.04. The van der Waals surface area contributed by atoms with Crippen molar-refractivity contribution in [2.24, 2.45) is 5.73 Å². The Morgan fingerprint density at radius 2 is 1.93 bits per heavy atom. The lowest BCUT2D eigenvalue weighted by Crippen LogP contribution is -2.33. The van der Waals surface area contributed by atoms with E-state index < -0.39 is 0 Å². The Bertz CT molecular complexity index is 312. The van der Waals surface area contributed by atoms with Crippen molar-refractivity contribution in [3.05, 3.63) is 29.3 Å². The van der Waals surface area contributed by atoms with Crippen molar-refractivity contribution < 1.29 is 4.74 Å². The Labute approximate surface area is 95.4 Å². The lowest BCUT2D eigenvalue weighted by atomic mass is 9.93. The predicted molar refractivity (Wildman–Crippen MR) is 62.3 cm³/mol. The molecule has 1 aromatic rings. The molecule has 0 bridgehead atoms. The van der Waals surface area contributed by atoms with Crippen molar-refractivity contribution >= 4 is 11.6 Å². The van der Waals surface area contributed by atoms with Gasteiger partial charge in [0.15, 0.2) is 0 Å². The molecule has 2 atom stereocenters. The molecule has 2 N–H and O–H groups in total. The highest BCUT2D eigenvalue weighted by Gasteiger charge is 2.20. The van der Waals surface area contributed by atoms with E-state index in [1.807, 2.05) is 24.3 Å². The van der Waals surface area contributed by atoms with Crippen molar-refractivity contribution in [2.45, 2.75) is 37.8 Å². The highest BCUT2D eigenvalue weighted by atomic mass is 35.5. The van der Waals surface area contributed by atoms with Gasteiger partial charge in [0.1, 0.15) is 11.9 Å². The van der Waals surface area contributed by atoms with Crippen molar-refractivity contribution in [2.75, 3.05) is 0 Å². The molecular formula is C12H16ClNO. The van der Waals surface area contributed by atoms with E-state index in [2.05, 4.69) is 0 Å². The Kier molecular flexibility index (Phi) is 3.49. The molecule has 1 aliphatic carbocycles. The van der Waals surface area contributed by atoms with Gasteiger partial charge >= 0.3 is 0 Å². The average Bonchev–Trinajstić information content (AvgIpc) is 2.22. The Morgan fingerprint density at radius 1 is 1.20 bits per heavy atom. The first-order valence-electron chi connectivity index (χ1n) is 5.42. The van der Waals surface area contributed by atoms with Gasteiger partial charge in [0.05, 0.1) is 0 Å². The summed E-state index contributed by atoms with van der Waals surface area (Å²) in [6.45, 7) is 0. The molecule has 15 heavy (non-hydrogen) atoms. The summed E-state index contributed by atoms with van der Waals surface area (Å²) < 4.78 is 5.84. The monoisotopic (exact) mass is 225 g/mol. The summed E-state index contributed by atoms with van der Waals surface area (Å²) >= 11 is 5.80. The molecule has 0 aliphatic heterocycles. The largest absolute Gasteiger partial charge is 0.490 e. The first-order valence-corrected chi connectivity index (χ1v) is 5.79. The number of ether oxygens (including phenoxy) is 1. The van der Waals surface area contributed by atoms with E-state index in [1.54, 1.807) is 0 Å². The summed E-state index contributed by atoms with van der Waals surface area (Å²) in [6.07, 6.45) is 4.63. The normalized spacial score (nSPS) is 26.3. The van der Waals surface area contributed by atoms with Crippen LogP contribution < -0.4 is 10.5 Å². The van der Waals surface area contributed by atoms with E-state index in [0.29, 0.717) is 6.04 Å². The van der Waals surface area contributed by atoms with Gasteiger partial charge < -0.3 is 10.5 Å². The molecule has 1 saturated carbocycles. The topological polar surface area (TPSA) is 35.2 Å². The summed E-state index contributed by atoms with van der Waals surface area (Å²) in [7, 11) is 0. The first-order chi connectivity index (χ1) is 7.24. The van der Waals surface area contributed by atoms with E-state index >= 15 is 0 Å². The maximum atomic E-state index is 5.90. The Morgan fingerprint density at radius 3 is 2.60 bits per heavy atom.